The third kappa shape index (κ3) is 4.42. The molecule has 0 aliphatic carbocycles. The summed E-state index contributed by atoms with van der Waals surface area (Å²) in [6.45, 7) is 1.62. The topological polar surface area (TPSA) is 40.6 Å². The molecule has 0 bridgehead atoms. The molecule has 1 aromatic rings. The van der Waals surface area contributed by atoms with Crippen LogP contribution in [0.15, 0.2) is 24.3 Å². The summed E-state index contributed by atoms with van der Waals surface area (Å²) in [6.07, 6.45) is 2.22. The maximum Gasteiger partial charge on any atom is 0.218 e. The molecule has 1 aliphatic rings. The van der Waals surface area contributed by atoms with Gasteiger partial charge in [0.25, 0.3) is 0 Å². The van der Waals surface area contributed by atoms with Gasteiger partial charge in [0, 0.05) is 25.5 Å². The molecule has 0 spiro atoms. The molecule has 0 radical (unpaired) electrons. The molecule has 118 valence electrons. The van der Waals surface area contributed by atoms with Gasteiger partial charge in [-0.3, -0.25) is 0 Å². The van der Waals surface area contributed by atoms with Gasteiger partial charge in [-0.15, -0.1) is 11.6 Å². The van der Waals surface area contributed by atoms with Gasteiger partial charge >= 0.3 is 0 Å². The summed E-state index contributed by atoms with van der Waals surface area (Å²) in [5, 5.41) is 0. The second-order valence-corrected chi connectivity index (χ2v) is 8.11. The van der Waals surface area contributed by atoms with E-state index < -0.39 is 10.0 Å². The SMILES string of the molecule is CN1CCCC1CN(C)S(=O)(=O)Cc1ccc(CCl)cc1. The summed E-state index contributed by atoms with van der Waals surface area (Å²) in [5.41, 5.74) is 1.80. The maximum absolute atomic E-state index is 12.4. The Morgan fingerprint density at radius 3 is 2.43 bits per heavy atom. The van der Waals surface area contributed by atoms with Crippen LogP contribution in [-0.2, 0) is 21.7 Å². The fourth-order valence-electron chi connectivity index (χ4n) is 2.67. The lowest BCUT2D eigenvalue weighted by molar-refractivity contribution is 0.271. The predicted octanol–water partition coefficient (Wildman–Crippen LogP) is 2.28. The molecule has 6 heteroatoms. The van der Waals surface area contributed by atoms with E-state index in [1.54, 1.807) is 7.05 Å². The summed E-state index contributed by atoms with van der Waals surface area (Å²) in [4.78, 5) is 2.24. The second-order valence-electron chi connectivity index (χ2n) is 5.76. The van der Waals surface area contributed by atoms with Crippen LogP contribution in [-0.4, -0.2) is 50.8 Å². The molecule has 21 heavy (non-hydrogen) atoms. The lowest BCUT2D eigenvalue weighted by Crippen LogP contribution is -2.39. The molecule has 1 aromatic carbocycles. The van der Waals surface area contributed by atoms with Crippen LogP contribution in [0.4, 0.5) is 0 Å². The Labute approximate surface area is 132 Å². The molecular weight excluding hydrogens is 308 g/mol. The molecule has 1 fully saturated rings. The number of hydrogen-bond donors (Lipinski definition) is 0. The van der Waals surface area contributed by atoms with Crippen LogP contribution in [0.5, 0.6) is 0 Å². The highest BCUT2D eigenvalue weighted by molar-refractivity contribution is 7.88. The third-order valence-electron chi connectivity index (χ3n) is 4.14. The van der Waals surface area contributed by atoms with E-state index in [0.29, 0.717) is 18.5 Å². The van der Waals surface area contributed by atoms with Crippen LogP contribution in [0.2, 0.25) is 0 Å². The number of sulfonamides is 1. The van der Waals surface area contributed by atoms with E-state index in [-0.39, 0.29) is 5.75 Å². The highest BCUT2D eigenvalue weighted by Crippen LogP contribution is 2.18. The van der Waals surface area contributed by atoms with E-state index in [1.165, 1.54) is 4.31 Å². The van der Waals surface area contributed by atoms with Gasteiger partial charge in [0.05, 0.1) is 5.75 Å². The van der Waals surface area contributed by atoms with Gasteiger partial charge in [0.15, 0.2) is 0 Å². The van der Waals surface area contributed by atoms with E-state index >= 15 is 0 Å². The minimum absolute atomic E-state index is 0.0441. The molecule has 0 aromatic heterocycles. The van der Waals surface area contributed by atoms with E-state index in [0.717, 1.165) is 30.5 Å². The molecule has 1 heterocycles. The summed E-state index contributed by atoms with van der Waals surface area (Å²) in [7, 11) is 0.464. The maximum atomic E-state index is 12.4. The van der Waals surface area contributed by atoms with Crippen LogP contribution >= 0.6 is 11.6 Å². The fraction of sp³-hybridized carbons (Fsp3) is 0.600. The van der Waals surface area contributed by atoms with Gasteiger partial charge in [0.1, 0.15) is 0 Å². The van der Waals surface area contributed by atoms with Gasteiger partial charge in [-0.25, -0.2) is 12.7 Å². The minimum atomic E-state index is -3.27. The zero-order valence-electron chi connectivity index (χ0n) is 12.6. The van der Waals surface area contributed by atoms with Crippen molar-refractivity contribution in [2.45, 2.75) is 30.5 Å². The molecule has 0 N–H and O–H groups in total. The normalized spacial score (nSPS) is 20.3. The molecular formula is C15H23ClN2O2S. The highest BCUT2D eigenvalue weighted by atomic mass is 35.5. The van der Waals surface area contributed by atoms with Gasteiger partial charge < -0.3 is 4.90 Å². The van der Waals surface area contributed by atoms with Gasteiger partial charge in [-0.05, 0) is 37.6 Å². The lowest BCUT2D eigenvalue weighted by atomic mass is 10.2. The van der Waals surface area contributed by atoms with Crippen molar-refractivity contribution in [3.63, 3.8) is 0 Å². The average Bonchev–Trinajstić information content (AvgIpc) is 2.85. The quantitative estimate of drug-likeness (QED) is 0.751. The first-order chi connectivity index (χ1) is 9.92. The number of hydrogen-bond acceptors (Lipinski definition) is 3. The molecule has 4 nitrogen and oxygen atoms in total. The lowest BCUT2D eigenvalue weighted by Gasteiger charge is -2.25. The zero-order chi connectivity index (χ0) is 15.5. The van der Waals surface area contributed by atoms with Crippen molar-refractivity contribution < 1.29 is 8.42 Å². The summed E-state index contributed by atoms with van der Waals surface area (Å²) < 4.78 is 26.4. The van der Waals surface area contributed by atoms with Crippen molar-refractivity contribution in [3.05, 3.63) is 35.4 Å². The average molecular weight is 331 g/mol. The molecule has 0 amide bonds. The molecule has 1 saturated heterocycles. The van der Waals surface area contributed by atoms with E-state index in [9.17, 15) is 8.42 Å². The van der Waals surface area contributed by atoms with Crippen molar-refractivity contribution in [2.75, 3.05) is 27.2 Å². The van der Waals surface area contributed by atoms with Gasteiger partial charge in [-0.2, -0.15) is 0 Å². The Bertz CT molecular complexity index is 560. The summed E-state index contributed by atoms with van der Waals surface area (Å²) >= 11 is 5.74. The monoisotopic (exact) mass is 330 g/mol. The minimum Gasteiger partial charge on any atom is -0.302 e. The number of alkyl halides is 1. The number of benzene rings is 1. The number of nitrogens with zero attached hydrogens (tertiary/aromatic N) is 2. The Balaban J connectivity index is 1.99. The smallest absolute Gasteiger partial charge is 0.218 e. The van der Waals surface area contributed by atoms with Crippen LogP contribution in [0, 0.1) is 0 Å². The van der Waals surface area contributed by atoms with Crippen LogP contribution < -0.4 is 0 Å². The number of halogens is 1. The first kappa shape index (κ1) is 16.7. The van der Waals surface area contributed by atoms with Crippen molar-refractivity contribution in [1.29, 1.82) is 0 Å². The summed E-state index contributed by atoms with van der Waals surface area (Å²) in [6, 6.07) is 7.77. The molecule has 1 aliphatic heterocycles. The fourth-order valence-corrected chi connectivity index (χ4v) is 4.08. The second kappa shape index (κ2) is 7.09. The first-order valence-corrected chi connectivity index (χ1v) is 9.35. The van der Waals surface area contributed by atoms with E-state index in [4.69, 9.17) is 11.6 Å². The number of likely N-dealkylation sites (N-methyl/N-ethyl adjacent to an activating group) is 2. The Morgan fingerprint density at radius 1 is 1.29 bits per heavy atom. The molecule has 2 rings (SSSR count). The number of likely N-dealkylation sites (tertiary alicyclic amines) is 1. The Morgan fingerprint density at radius 2 is 1.90 bits per heavy atom. The molecule has 0 saturated carbocycles. The predicted molar refractivity (Wildman–Crippen MR) is 86.9 cm³/mol. The third-order valence-corrected chi connectivity index (χ3v) is 6.25. The van der Waals surface area contributed by atoms with Gasteiger partial charge in [-0.1, -0.05) is 24.3 Å². The van der Waals surface area contributed by atoms with Gasteiger partial charge in [0.2, 0.25) is 10.0 Å². The molecule has 1 unspecified atom stereocenters. The highest BCUT2D eigenvalue weighted by Gasteiger charge is 2.27. The van der Waals surface area contributed by atoms with Crippen molar-refractivity contribution in [1.82, 2.24) is 9.21 Å². The van der Waals surface area contributed by atoms with Crippen molar-refractivity contribution in [3.8, 4) is 0 Å². The van der Waals surface area contributed by atoms with Crippen LogP contribution in [0.25, 0.3) is 0 Å². The first-order valence-electron chi connectivity index (χ1n) is 7.20. The van der Waals surface area contributed by atoms with E-state index in [2.05, 4.69) is 11.9 Å². The zero-order valence-corrected chi connectivity index (χ0v) is 14.2. The van der Waals surface area contributed by atoms with E-state index in [1.807, 2.05) is 24.3 Å². The number of rotatable bonds is 6. The van der Waals surface area contributed by atoms with Crippen LogP contribution in [0.1, 0.15) is 24.0 Å². The van der Waals surface area contributed by atoms with Crippen molar-refractivity contribution >= 4 is 21.6 Å². The molecule has 1 atom stereocenters. The Hall–Kier alpha value is -0.620. The van der Waals surface area contributed by atoms with Crippen LogP contribution in [0.3, 0.4) is 0 Å². The van der Waals surface area contributed by atoms with Crippen molar-refractivity contribution in [2.24, 2.45) is 0 Å². The largest absolute Gasteiger partial charge is 0.302 e. The standard InChI is InChI=1S/C15H23ClN2O2S/c1-17-9-3-4-15(17)11-18(2)21(19,20)12-14-7-5-13(10-16)6-8-14/h5-8,15H,3-4,9-12H2,1-2H3. The Kier molecular flexibility index (Phi) is 5.66. The summed E-state index contributed by atoms with van der Waals surface area (Å²) in [5.74, 6) is 0.490.